The molecule has 0 bridgehead atoms. The van der Waals surface area contributed by atoms with Gasteiger partial charge in [0.15, 0.2) is 0 Å². The number of methoxy groups -OCH3 is 1. The third-order valence-corrected chi connectivity index (χ3v) is 5.45. The summed E-state index contributed by atoms with van der Waals surface area (Å²) < 4.78 is 16.1. The van der Waals surface area contributed by atoms with E-state index >= 15 is 0 Å². The fourth-order valence-corrected chi connectivity index (χ4v) is 3.52. The van der Waals surface area contributed by atoms with E-state index in [9.17, 15) is 14.4 Å². The topological polar surface area (TPSA) is 98.1 Å². The Morgan fingerprint density at radius 3 is 2.70 bits per heavy atom. The fourth-order valence-electron chi connectivity index (χ4n) is 3.52. The summed E-state index contributed by atoms with van der Waals surface area (Å²) in [6, 6.07) is 14.0. The predicted octanol–water partition coefficient (Wildman–Crippen LogP) is 4.49. The van der Waals surface area contributed by atoms with E-state index in [1.165, 1.54) is 19.2 Å². The number of benzene rings is 2. The van der Waals surface area contributed by atoms with Gasteiger partial charge in [-0.2, -0.15) is 0 Å². The van der Waals surface area contributed by atoms with Crippen LogP contribution < -0.4 is 10.1 Å². The smallest absolute Gasteiger partial charge is 0.373 e. The highest BCUT2D eigenvalue weighted by Gasteiger charge is 2.34. The summed E-state index contributed by atoms with van der Waals surface area (Å²) in [6.07, 6.45) is 2.45. The number of carbonyl (C=O) groups is 3. The van der Waals surface area contributed by atoms with Crippen LogP contribution in [0.5, 0.6) is 5.75 Å². The van der Waals surface area contributed by atoms with E-state index in [0.717, 1.165) is 22.1 Å². The number of fused-ring (bicyclic) bond motifs is 1. The van der Waals surface area contributed by atoms with Crippen molar-refractivity contribution in [3.05, 3.63) is 71.3 Å². The maximum Gasteiger partial charge on any atom is 0.373 e. The molecular formula is C25H24N2O6. The highest BCUT2D eigenvalue weighted by atomic mass is 16.5. The highest BCUT2D eigenvalue weighted by Crippen LogP contribution is 2.32. The molecule has 0 saturated carbocycles. The summed E-state index contributed by atoms with van der Waals surface area (Å²) in [6.45, 7) is 3.88. The van der Waals surface area contributed by atoms with E-state index in [2.05, 4.69) is 10.1 Å². The molecule has 2 heterocycles. The molecule has 1 fully saturated rings. The molecule has 1 saturated heterocycles. The summed E-state index contributed by atoms with van der Waals surface area (Å²) in [5.74, 6) is -0.226. The average Bonchev–Trinajstić information content (AvgIpc) is 3.40. The lowest BCUT2D eigenvalue weighted by molar-refractivity contribution is -0.123. The van der Waals surface area contributed by atoms with Crippen LogP contribution in [0.15, 0.2) is 58.6 Å². The van der Waals surface area contributed by atoms with E-state index in [1.807, 2.05) is 50.2 Å². The Labute approximate surface area is 190 Å². The summed E-state index contributed by atoms with van der Waals surface area (Å²) in [7, 11) is 1.24. The molecule has 2 aromatic carbocycles. The first kappa shape index (κ1) is 22.1. The zero-order chi connectivity index (χ0) is 23.5. The highest BCUT2D eigenvalue weighted by molar-refractivity contribution is 6.14. The monoisotopic (exact) mass is 448 g/mol. The average molecular weight is 448 g/mol. The normalized spacial score (nSPS) is 15.7. The van der Waals surface area contributed by atoms with E-state index in [1.54, 1.807) is 6.08 Å². The lowest BCUT2D eigenvalue weighted by Crippen LogP contribution is -2.30. The molecular weight excluding hydrogens is 424 g/mol. The van der Waals surface area contributed by atoms with Crippen molar-refractivity contribution >= 4 is 34.8 Å². The van der Waals surface area contributed by atoms with Gasteiger partial charge in [-0.3, -0.25) is 9.69 Å². The second-order valence-corrected chi connectivity index (χ2v) is 7.67. The number of rotatable bonds is 7. The first-order valence-corrected chi connectivity index (χ1v) is 10.6. The molecule has 0 aliphatic carbocycles. The van der Waals surface area contributed by atoms with E-state index in [-0.39, 0.29) is 29.9 Å². The molecule has 3 aromatic rings. The van der Waals surface area contributed by atoms with Gasteiger partial charge in [-0.1, -0.05) is 37.3 Å². The molecule has 1 atom stereocenters. The second-order valence-electron chi connectivity index (χ2n) is 7.67. The molecule has 33 heavy (non-hydrogen) atoms. The minimum Gasteiger partial charge on any atom is -0.490 e. The molecule has 8 nitrogen and oxygen atoms in total. The van der Waals surface area contributed by atoms with Crippen molar-refractivity contribution in [1.82, 2.24) is 10.2 Å². The number of carbonyl (C=O) groups excluding carboxylic acids is 3. The van der Waals surface area contributed by atoms with Gasteiger partial charge in [0, 0.05) is 5.56 Å². The van der Waals surface area contributed by atoms with Crippen LogP contribution in [0, 0.1) is 0 Å². The summed E-state index contributed by atoms with van der Waals surface area (Å²) in [5, 5.41) is 4.52. The number of nitrogens with zero attached hydrogens (tertiary/aromatic N) is 1. The summed E-state index contributed by atoms with van der Waals surface area (Å²) >= 11 is 0. The minimum absolute atomic E-state index is 0.00194. The third-order valence-electron chi connectivity index (χ3n) is 5.45. The van der Waals surface area contributed by atoms with Gasteiger partial charge in [0.2, 0.25) is 5.76 Å². The zero-order valence-electron chi connectivity index (χ0n) is 18.6. The van der Waals surface area contributed by atoms with Crippen molar-refractivity contribution in [2.75, 3.05) is 7.11 Å². The molecule has 8 heteroatoms. The Kier molecular flexibility index (Phi) is 6.17. The maximum absolute atomic E-state index is 13.0. The molecule has 0 radical (unpaired) electrons. The molecule has 1 aliphatic heterocycles. The number of imide groups is 1. The van der Waals surface area contributed by atoms with Crippen LogP contribution in [-0.4, -0.2) is 36.0 Å². The Bertz CT molecular complexity index is 1260. The van der Waals surface area contributed by atoms with Crippen LogP contribution in [0.25, 0.3) is 16.8 Å². The molecule has 1 aliphatic rings. The van der Waals surface area contributed by atoms with Crippen LogP contribution in [0.1, 0.15) is 42.1 Å². The molecule has 1 aromatic heterocycles. The number of furan rings is 1. The standard InChI is InChI=1S/C25H24N2O6/c1-4-15(2)32-21-11-9-16-7-5-6-8-18(16)19(21)13-20-23(28)27(25(30)26-20)14-17-10-12-22(33-17)24(29)31-3/h5-13,15H,4,14H2,1-3H3,(H,26,30)/b20-13-/t15-/m0/s1. The quantitative estimate of drug-likeness (QED) is 0.325. The van der Waals surface area contributed by atoms with Crippen molar-refractivity contribution in [3.63, 3.8) is 0 Å². The lowest BCUT2D eigenvalue weighted by atomic mass is 10.0. The second kappa shape index (κ2) is 9.20. The maximum atomic E-state index is 13.0. The van der Waals surface area contributed by atoms with Crippen molar-refractivity contribution in [2.45, 2.75) is 32.9 Å². The lowest BCUT2D eigenvalue weighted by Gasteiger charge is -2.16. The SMILES string of the molecule is CC[C@H](C)Oc1ccc2ccccc2c1/C=C1\NC(=O)N(Cc2ccc(C(=O)OC)o2)C1=O. The molecule has 1 N–H and O–H groups in total. The van der Waals surface area contributed by atoms with E-state index in [4.69, 9.17) is 9.15 Å². The molecule has 170 valence electrons. The number of amides is 3. The first-order chi connectivity index (χ1) is 15.9. The van der Waals surface area contributed by atoms with Crippen molar-refractivity contribution in [3.8, 4) is 5.75 Å². The Morgan fingerprint density at radius 1 is 1.15 bits per heavy atom. The number of hydrogen-bond acceptors (Lipinski definition) is 6. The Morgan fingerprint density at radius 2 is 1.94 bits per heavy atom. The number of urea groups is 1. The molecule has 4 rings (SSSR count). The van der Waals surface area contributed by atoms with Gasteiger partial charge in [0.1, 0.15) is 17.2 Å². The van der Waals surface area contributed by atoms with Crippen molar-refractivity contribution in [1.29, 1.82) is 0 Å². The fraction of sp³-hybridized carbons (Fsp3) is 0.240. The van der Waals surface area contributed by atoms with Gasteiger partial charge >= 0.3 is 12.0 Å². The first-order valence-electron chi connectivity index (χ1n) is 10.6. The van der Waals surface area contributed by atoms with Crippen LogP contribution in [0.3, 0.4) is 0 Å². The van der Waals surface area contributed by atoms with Gasteiger partial charge in [-0.15, -0.1) is 0 Å². The molecule has 0 spiro atoms. The summed E-state index contributed by atoms with van der Waals surface area (Å²) in [5.41, 5.74) is 0.843. The van der Waals surface area contributed by atoms with Crippen molar-refractivity contribution < 1.29 is 28.3 Å². The van der Waals surface area contributed by atoms with Gasteiger partial charge in [0.05, 0.1) is 19.8 Å². The largest absolute Gasteiger partial charge is 0.490 e. The summed E-state index contributed by atoms with van der Waals surface area (Å²) in [4.78, 5) is 38.2. The van der Waals surface area contributed by atoms with E-state index < -0.39 is 17.9 Å². The van der Waals surface area contributed by atoms with Gasteiger partial charge < -0.3 is 19.2 Å². The minimum atomic E-state index is -0.635. The Hall–Kier alpha value is -4.07. The van der Waals surface area contributed by atoms with E-state index in [0.29, 0.717) is 11.3 Å². The Balaban J connectivity index is 1.66. The van der Waals surface area contributed by atoms with Crippen LogP contribution >= 0.6 is 0 Å². The van der Waals surface area contributed by atoms with Crippen LogP contribution in [-0.2, 0) is 16.1 Å². The zero-order valence-corrected chi connectivity index (χ0v) is 18.6. The van der Waals surface area contributed by atoms with Gasteiger partial charge in [-0.05, 0) is 48.4 Å². The number of hydrogen-bond donors (Lipinski definition) is 1. The van der Waals surface area contributed by atoms with Crippen molar-refractivity contribution in [2.24, 2.45) is 0 Å². The predicted molar refractivity (Wildman–Crippen MR) is 121 cm³/mol. The number of esters is 1. The molecule has 3 amide bonds. The van der Waals surface area contributed by atoms with Gasteiger partial charge in [0.25, 0.3) is 5.91 Å². The number of nitrogens with one attached hydrogen (secondary N) is 1. The van der Waals surface area contributed by atoms with Crippen LogP contribution in [0.2, 0.25) is 0 Å². The van der Waals surface area contributed by atoms with Gasteiger partial charge in [-0.25, -0.2) is 9.59 Å². The molecule has 0 unspecified atom stereocenters. The van der Waals surface area contributed by atoms with Crippen LogP contribution in [0.4, 0.5) is 4.79 Å². The third kappa shape index (κ3) is 4.45. The number of ether oxygens (including phenoxy) is 2.